The van der Waals surface area contributed by atoms with Crippen molar-refractivity contribution in [1.29, 1.82) is 0 Å². The van der Waals surface area contributed by atoms with Gasteiger partial charge in [-0.05, 0) is 30.4 Å². The van der Waals surface area contributed by atoms with Crippen molar-refractivity contribution >= 4 is 30.0 Å². The lowest BCUT2D eigenvalue weighted by Crippen LogP contribution is -2.48. The van der Waals surface area contributed by atoms with Crippen LogP contribution in [0.15, 0.2) is 24.3 Å². The monoisotopic (exact) mass is 339 g/mol. The zero-order valence-corrected chi connectivity index (χ0v) is 12.3. The number of aromatic amines is 1. The SMILES string of the molecule is O=C(NO)NNCNC(=O)Nc1cccc(-n2[nH]nnc2=S)c1. The zero-order valence-electron chi connectivity index (χ0n) is 11.5. The molecule has 0 atom stereocenters. The Labute approximate surface area is 134 Å². The number of nitrogens with zero attached hydrogens (tertiary/aromatic N) is 3. The van der Waals surface area contributed by atoms with Gasteiger partial charge in [-0.15, -0.1) is 0 Å². The molecule has 0 radical (unpaired) electrons. The van der Waals surface area contributed by atoms with Crippen LogP contribution in [0.1, 0.15) is 0 Å². The van der Waals surface area contributed by atoms with Gasteiger partial charge in [0.2, 0.25) is 4.77 Å². The van der Waals surface area contributed by atoms with E-state index in [1.54, 1.807) is 24.3 Å². The van der Waals surface area contributed by atoms with Crippen LogP contribution in [0.25, 0.3) is 5.69 Å². The molecule has 2 rings (SSSR count). The van der Waals surface area contributed by atoms with Gasteiger partial charge in [-0.3, -0.25) is 10.6 Å². The summed E-state index contributed by atoms with van der Waals surface area (Å²) in [7, 11) is 0. The van der Waals surface area contributed by atoms with Gasteiger partial charge in [-0.25, -0.2) is 25.2 Å². The quantitative estimate of drug-likeness (QED) is 0.128. The summed E-state index contributed by atoms with van der Waals surface area (Å²) in [6.45, 7) is -0.0610. The van der Waals surface area contributed by atoms with E-state index in [1.807, 2.05) is 0 Å². The highest BCUT2D eigenvalue weighted by Gasteiger charge is 2.04. The van der Waals surface area contributed by atoms with Gasteiger partial charge in [0.05, 0.1) is 12.4 Å². The molecule has 122 valence electrons. The van der Waals surface area contributed by atoms with Gasteiger partial charge in [0.15, 0.2) is 0 Å². The summed E-state index contributed by atoms with van der Waals surface area (Å²) in [6, 6.07) is 5.47. The summed E-state index contributed by atoms with van der Waals surface area (Å²) in [6.07, 6.45) is 0. The summed E-state index contributed by atoms with van der Waals surface area (Å²) in [5.74, 6) is 0. The molecule has 0 saturated heterocycles. The van der Waals surface area contributed by atoms with E-state index in [0.717, 1.165) is 0 Å². The molecular formula is C10H13N9O3S. The third kappa shape index (κ3) is 4.73. The second kappa shape index (κ2) is 7.83. The van der Waals surface area contributed by atoms with Crippen molar-refractivity contribution in [3.63, 3.8) is 0 Å². The number of carbonyl (C=O) groups excluding carboxylic acids is 2. The van der Waals surface area contributed by atoms with Crippen molar-refractivity contribution in [2.75, 3.05) is 12.0 Å². The Kier molecular flexibility index (Phi) is 5.56. The highest BCUT2D eigenvalue weighted by molar-refractivity contribution is 7.71. The minimum Gasteiger partial charge on any atom is -0.324 e. The molecule has 4 amide bonds. The van der Waals surface area contributed by atoms with Gasteiger partial charge < -0.3 is 10.6 Å². The average molecular weight is 339 g/mol. The fraction of sp³-hybridized carbons (Fsp3) is 0.100. The predicted molar refractivity (Wildman–Crippen MR) is 80.2 cm³/mol. The molecule has 23 heavy (non-hydrogen) atoms. The van der Waals surface area contributed by atoms with Crippen molar-refractivity contribution < 1.29 is 14.8 Å². The van der Waals surface area contributed by atoms with E-state index in [4.69, 9.17) is 17.4 Å². The summed E-state index contributed by atoms with van der Waals surface area (Å²) >= 11 is 4.99. The second-order valence-electron chi connectivity index (χ2n) is 4.02. The minimum absolute atomic E-state index is 0.0610. The smallest absolute Gasteiger partial charge is 0.324 e. The largest absolute Gasteiger partial charge is 0.352 e. The molecule has 0 aliphatic carbocycles. The van der Waals surface area contributed by atoms with E-state index < -0.39 is 12.1 Å². The Balaban J connectivity index is 1.88. The molecule has 0 saturated carbocycles. The summed E-state index contributed by atoms with van der Waals surface area (Å²) in [5, 5.41) is 23.1. The molecule has 7 N–H and O–H groups in total. The number of hydrogen-bond donors (Lipinski definition) is 7. The number of rotatable bonds is 5. The number of nitrogens with one attached hydrogen (secondary N) is 6. The number of anilines is 1. The summed E-state index contributed by atoms with van der Waals surface area (Å²) in [4.78, 5) is 22.3. The first-order chi connectivity index (χ1) is 11.1. The fourth-order valence-electron chi connectivity index (χ4n) is 1.54. The molecule has 1 heterocycles. The Morgan fingerprint density at radius 2 is 2.17 bits per heavy atom. The molecule has 0 unspecified atom stereocenters. The maximum atomic E-state index is 11.7. The first kappa shape index (κ1) is 16.3. The van der Waals surface area contributed by atoms with Crippen LogP contribution in [0.2, 0.25) is 0 Å². The lowest BCUT2D eigenvalue weighted by Gasteiger charge is -2.10. The summed E-state index contributed by atoms with van der Waals surface area (Å²) in [5.41, 5.74) is 6.93. The standard InChI is InChI=1S/C10H13N9O3S/c20-8(11-5-12-14-9(21)16-22)13-6-2-1-3-7(4-6)19-10(23)15-17-18-19/h1-4,12,22H,5H2,(H2,11,13,20)(H2,14,16,21)(H,15,18,23). The summed E-state index contributed by atoms with van der Waals surface area (Å²) < 4.78 is 1.72. The van der Waals surface area contributed by atoms with Crippen molar-refractivity contribution in [2.24, 2.45) is 0 Å². The van der Waals surface area contributed by atoms with Gasteiger partial charge in [-0.1, -0.05) is 16.4 Å². The number of hydrogen-bond acceptors (Lipinski definition) is 7. The lowest BCUT2D eigenvalue weighted by atomic mass is 10.3. The van der Waals surface area contributed by atoms with Crippen LogP contribution >= 0.6 is 12.2 Å². The first-order valence-electron chi connectivity index (χ1n) is 6.18. The van der Waals surface area contributed by atoms with E-state index in [9.17, 15) is 9.59 Å². The van der Waals surface area contributed by atoms with E-state index in [1.165, 1.54) is 10.2 Å². The number of amides is 4. The lowest BCUT2D eigenvalue weighted by molar-refractivity contribution is 0.158. The van der Waals surface area contributed by atoms with Crippen molar-refractivity contribution in [1.82, 2.24) is 41.9 Å². The molecule has 0 spiro atoms. The van der Waals surface area contributed by atoms with Crippen LogP contribution in [-0.4, -0.2) is 44.1 Å². The molecule has 12 nitrogen and oxygen atoms in total. The van der Waals surface area contributed by atoms with Gasteiger partial charge in [0.1, 0.15) is 0 Å². The van der Waals surface area contributed by atoms with Crippen LogP contribution in [0.4, 0.5) is 15.3 Å². The van der Waals surface area contributed by atoms with Crippen LogP contribution in [-0.2, 0) is 0 Å². The third-order valence-corrected chi connectivity index (χ3v) is 2.74. The van der Waals surface area contributed by atoms with Crippen LogP contribution in [0.3, 0.4) is 0 Å². The molecule has 0 aliphatic heterocycles. The molecule has 0 fully saturated rings. The number of urea groups is 2. The van der Waals surface area contributed by atoms with Gasteiger partial charge >= 0.3 is 12.1 Å². The molecular weight excluding hydrogens is 326 g/mol. The normalized spacial score (nSPS) is 9.96. The third-order valence-electron chi connectivity index (χ3n) is 2.47. The van der Waals surface area contributed by atoms with Crippen molar-refractivity contribution in [3.8, 4) is 5.69 Å². The first-order valence-corrected chi connectivity index (χ1v) is 6.59. The van der Waals surface area contributed by atoms with E-state index >= 15 is 0 Å². The second-order valence-corrected chi connectivity index (χ2v) is 4.38. The van der Waals surface area contributed by atoms with Crippen LogP contribution in [0, 0.1) is 4.77 Å². The molecule has 1 aromatic heterocycles. The van der Waals surface area contributed by atoms with E-state index in [2.05, 4.69) is 37.0 Å². The number of hydroxylamine groups is 1. The number of benzene rings is 1. The Bertz CT molecular complexity index is 743. The Morgan fingerprint density at radius 1 is 1.35 bits per heavy atom. The van der Waals surface area contributed by atoms with Crippen LogP contribution < -0.4 is 27.0 Å². The van der Waals surface area contributed by atoms with Gasteiger partial charge in [0.25, 0.3) is 0 Å². The number of carbonyl (C=O) groups is 2. The minimum atomic E-state index is -0.857. The number of tetrazole rings is 1. The maximum absolute atomic E-state index is 11.7. The zero-order chi connectivity index (χ0) is 16.7. The van der Waals surface area contributed by atoms with Gasteiger partial charge in [0, 0.05) is 5.69 Å². The average Bonchev–Trinajstić information content (AvgIpc) is 2.97. The molecule has 1 aromatic carbocycles. The number of H-pyrrole nitrogens is 1. The molecule has 0 aliphatic rings. The van der Waals surface area contributed by atoms with E-state index in [-0.39, 0.29) is 11.4 Å². The van der Waals surface area contributed by atoms with Gasteiger partial charge in [-0.2, -0.15) is 5.21 Å². The van der Waals surface area contributed by atoms with Crippen LogP contribution in [0.5, 0.6) is 0 Å². The van der Waals surface area contributed by atoms with Crippen molar-refractivity contribution in [2.45, 2.75) is 0 Å². The highest BCUT2D eigenvalue weighted by atomic mass is 32.1. The predicted octanol–water partition coefficient (Wildman–Crippen LogP) is -0.403. The maximum Gasteiger partial charge on any atom is 0.352 e. The molecule has 2 aromatic rings. The highest BCUT2D eigenvalue weighted by Crippen LogP contribution is 2.13. The molecule has 0 bridgehead atoms. The van der Waals surface area contributed by atoms with Crippen molar-refractivity contribution in [3.05, 3.63) is 29.0 Å². The number of hydrazine groups is 1. The fourth-order valence-corrected chi connectivity index (χ4v) is 1.73. The topological polar surface area (TPSA) is 161 Å². The Hall–Kier alpha value is -3.03. The number of aromatic nitrogens is 4. The molecule has 13 heteroatoms. The Morgan fingerprint density at radius 3 is 2.87 bits per heavy atom. The van der Waals surface area contributed by atoms with E-state index in [0.29, 0.717) is 11.4 Å².